The maximum Gasteiger partial charge on any atom is 0.186 e. The number of nitrogens with one attached hydrogen (secondary N) is 1. The smallest absolute Gasteiger partial charge is 0.186 e. The molecule has 1 N–H and O–H groups in total. The summed E-state index contributed by atoms with van der Waals surface area (Å²) in [5.74, 6) is 0. The van der Waals surface area contributed by atoms with Crippen LogP contribution in [0.2, 0.25) is 0 Å². The van der Waals surface area contributed by atoms with Gasteiger partial charge in [0.25, 0.3) is 0 Å². The second kappa shape index (κ2) is 6.59. The minimum absolute atomic E-state index is 0.0948. The van der Waals surface area contributed by atoms with E-state index in [1.54, 1.807) is 33.1 Å². The van der Waals surface area contributed by atoms with Crippen molar-refractivity contribution in [2.75, 3.05) is 6.54 Å². The number of hydrogen-bond acceptors (Lipinski definition) is 6. The fraction of sp³-hybridized carbons (Fsp3) is 0.833. The molecule has 0 aliphatic rings. The van der Waals surface area contributed by atoms with Crippen molar-refractivity contribution < 1.29 is 0 Å². The van der Waals surface area contributed by atoms with Crippen molar-refractivity contribution in [1.29, 1.82) is 0 Å². The van der Waals surface area contributed by atoms with E-state index in [1.807, 2.05) is 0 Å². The van der Waals surface area contributed by atoms with Crippen molar-refractivity contribution in [2.45, 2.75) is 57.7 Å². The van der Waals surface area contributed by atoms with E-state index in [9.17, 15) is 0 Å². The zero-order chi connectivity index (χ0) is 13.8. The summed E-state index contributed by atoms with van der Waals surface area (Å²) in [6.07, 6.45) is 1.11. The van der Waals surface area contributed by atoms with Crippen LogP contribution in [0.3, 0.4) is 0 Å². The maximum absolute atomic E-state index is 4.36. The van der Waals surface area contributed by atoms with Crippen LogP contribution in [-0.4, -0.2) is 16.7 Å². The van der Waals surface area contributed by atoms with Gasteiger partial charge in [-0.3, -0.25) is 4.72 Å². The highest BCUT2D eigenvalue weighted by atomic mass is 33.1. The van der Waals surface area contributed by atoms with Gasteiger partial charge in [-0.1, -0.05) is 52.9 Å². The third-order valence-electron chi connectivity index (χ3n) is 2.27. The molecule has 0 bridgehead atoms. The molecule has 1 aromatic rings. The van der Waals surface area contributed by atoms with E-state index in [4.69, 9.17) is 0 Å². The molecule has 104 valence electrons. The highest BCUT2D eigenvalue weighted by molar-refractivity contribution is 8.76. The van der Waals surface area contributed by atoms with Gasteiger partial charge in [0.15, 0.2) is 4.34 Å². The van der Waals surface area contributed by atoms with Crippen LogP contribution in [0.4, 0.5) is 0 Å². The Labute approximate surface area is 122 Å². The van der Waals surface area contributed by atoms with E-state index in [2.05, 4.69) is 56.5 Å². The Morgan fingerprint density at radius 1 is 1.17 bits per heavy atom. The van der Waals surface area contributed by atoms with E-state index in [0.29, 0.717) is 5.41 Å². The molecular weight excluding hydrogens is 282 g/mol. The van der Waals surface area contributed by atoms with Crippen LogP contribution in [-0.2, 0) is 5.41 Å². The summed E-state index contributed by atoms with van der Waals surface area (Å²) in [6, 6.07) is 0. The summed E-state index contributed by atoms with van der Waals surface area (Å²) < 4.78 is 4.23. The zero-order valence-corrected chi connectivity index (χ0v) is 14.5. The lowest BCUT2D eigenvalue weighted by Gasteiger charge is -2.30. The number of aromatic nitrogens is 2. The van der Waals surface area contributed by atoms with Gasteiger partial charge in [-0.15, -0.1) is 10.2 Å². The summed E-state index contributed by atoms with van der Waals surface area (Å²) in [7, 11) is 3.27. The fourth-order valence-corrected chi connectivity index (χ4v) is 4.87. The van der Waals surface area contributed by atoms with Crippen molar-refractivity contribution in [3.63, 3.8) is 0 Å². The minimum atomic E-state index is 0.0948. The van der Waals surface area contributed by atoms with Gasteiger partial charge in [0.05, 0.1) is 0 Å². The van der Waals surface area contributed by atoms with Gasteiger partial charge >= 0.3 is 0 Å². The molecule has 18 heavy (non-hydrogen) atoms. The highest BCUT2D eigenvalue weighted by Gasteiger charge is 2.30. The molecule has 0 radical (unpaired) electrons. The second-order valence-electron chi connectivity index (χ2n) is 6.16. The molecule has 0 amide bonds. The lowest BCUT2D eigenvalue weighted by molar-refractivity contribution is 0.282. The van der Waals surface area contributed by atoms with Gasteiger partial charge in [0, 0.05) is 12.0 Å². The molecule has 0 atom stereocenters. The molecule has 1 rings (SSSR count). The first-order chi connectivity index (χ1) is 8.24. The van der Waals surface area contributed by atoms with Crippen molar-refractivity contribution in [2.24, 2.45) is 5.41 Å². The Morgan fingerprint density at radius 2 is 1.83 bits per heavy atom. The standard InChI is InChI=1S/C12H23N3S3/c1-7-13-18-17-10-15-14-9(16-10)12(5,6)8-11(2,3)4/h13H,7-8H2,1-6H3. The molecule has 6 heteroatoms. The van der Waals surface area contributed by atoms with Crippen molar-refractivity contribution in [3.05, 3.63) is 5.01 Å². The molecule has 0 unspecified atom stereocenters. The average molecular weight is 306 g/mol. The molecule has 0 aliphatic heterocycles. The van der Waals surface area contributed by atoms with E-state index in [0.717, 1.165) is 22.3 Å². The van der Waals surface area contributed by atoms with Gasteiger partial charge in [-0.05, 0) is 33.6 Å². The van der Waals surface area contributed by atoms with E-state index in [-0.39, 0.29) is 5.41 Å². The van der Waals surface area contributed by atoms with Gasteiger partial charge in [0.2, 0.25) is 0 Å². The Bertz CT molecular complexity index is 369. The Balaban J connectivity index is 2.66. The maximum atomic E-state index is 4.36. The van der Waals surface area contributed by atoms with Crippen LogP contribution >= 0.6 is 33.1 Å². The molecule has 0 aromatic carbocycles. The summed E-state index contributed by atoms with van der Waals surface area (Å²) in [6.45, 7) is 14.4. The predicted octanol–water partition coefficient (Wildman–Crippen LogP) is 4.52. The first-order valence-corrected chi connectivity index (χ1v) is 9.11. The monoisotopic (exact) mass is 305 g/mol. The Morgan fingerprint density at radius 3 is 2.39 bits per heavy atom. The van der Waals surface area contributed by atoms with Gasteiger partial charge in [-0.25, -0.2) is 0 Å². The molecule has 0 fully saturated rings. The van der Waals surface area contributed by atoms with E-state index < -0.39 is 0 Å². The molecular formula is C12H23N3S3. The summed E-state index contributed by atoms with van der Waals surface area (Å²) in [4.78, 5) is 0. The van der Waals surface area contributed by atoms with Crippen molar-refractivity contribution in [1.82, 2.24) is 14.9 Å². The Kier molecular flexibility index (Phi) is 5.96. The summed E-state index contributed by atoms with van der Waals surface area (Å²) >= 11 is 1.71. The summed E-state index contributed by atoms with van der Waals surface area (Å²) in [5, 5.41) is 9.75. The number of hydrogen-bond donors (Lipinski definition) is 1. The SMILES string of the molecule is CCNSSc1nnc(C(C)(C)CC(C)(C)C)s1. The molecule has 0 saturated carbocycles. The second-order valence-corrected chi connectivity index (χ2v) is 9.40. The topological polar surface area (TPSA) is 37.8 Å². The predicted molar refractivity (Wildman–Crippen MR) is 84.1 cm³/mol. The van der Waals surface area contributed by atoms with Crippen molar-refractivity contribution in [3.8, 4) is 0 Å². The average Bonchev–Trinajstić information content (AvgIpc) is 2.63. The zero-order valence-electron chi connectivity index (χ0n) is 12.0. The van der Waals surface area contributed by atoms with Crippen LogP contribution in [0, 0.1) is 5.41 Å². The van der Waals surface area contributed by atoms with Gasteiger partial charge in [0.1, 0.15) is 5.01 Å². The first-order valence-electron chi connectivity index (χ1n) is 6.15. The Hall–Kier alpha value is 0.220. The van der Waals surface area contributed by atoms with E-state index in [1.165, 1.54) is 0 Å². The molecule has 0 saturated heterocycles. The molecule has 1 aromatic heterocycles. The van der Waals surface area contributed by atoms with Gasteiger partial charge in [-0.2, -0.15) is 0 Å². The van der Waals surface area contributed by atoms with Crippen LogP contribution in [0.25, 0.3) is 0 Å². The highest BCUT2D eigenvalue weighted by Crippen LogP contribution is 2.40. The number of nitrogens with zero attached hydrogens (tertiary/aromatic N) is 2. The van der Waals surface area contributed by atoms with E-state index >= 15 is 0 Å². The van der Waals surface area contributed by atoms with Crippen LogP contribution in [0.1, 0.15) is 53.0 Å². The quantitative estimate of drug-likeness (QED) is 0.475. The first kappa shape index (κ1) is 16.3. The molecule has 0 aliphatic carbocycles. The summed E-state index contributed by atoms with van der Waals surface area (Å²) in [5.41, 5.74) is 0.401. The van der Waals surface area contributed by atoms with Crippen LogP contribution in [0.15, 0.2) is 4.34 Å². The van der Waals surface area contributed by atoms with Gasteiger partial charge < -0.3 is 0 Å². The fourth-order valence-electron chi connectivity index (χ4n) is 2.04. The molecule has 1 heterocycles. The third-order valence-corrected chi connectivity index (χ3v) is 5.97. The van der Waals surface area contributed by atoms with Crippen LogP contribution in [0.5, 0.6) is 0 Å². The lowest BCUT2D eigenvalue weighted by atomic mass is 9.77. The lowest BCUT2D eigenvalue weighted by Crippen LogP contribution is -2.24. The minimum Gasteiger partial charge on any atom is -0.255 e. The van der Waals surface area contributed by atoms with Crippen LogP contribution < -0.4 is 4.72 Å². The normalized spacial score (nSPS) is 13.0. The third kappa shape index (κ3) is 5.47. The van der Waals surface area contributed by atoms with Crippen molar-refractivity contribution >= 4 is 33.1 Å². The molecule has 0 spiro atoms. The number of rotatable bonds is 6. The largest absolute Gasteiger partial charge is 0.255 e. The molecule has 3 nitrogen and oxygen atoms in total.